The van der Waals surface area contributed by atoms with Crippen molar-refractivity contribution < 1.29 is 0 Å². The number of likely N-dealkylation sites (tertiary alicyclic amines) is 1. The van der Waals surface area contributed by atoms with Gasteiger partial charge in [0.1, 0.15) is 11.3 Å². The molecule has 0 atom stereocenters. The van der Waals surface area contributed by atoms with Gasteiger partial charge in [0.05, 0.1) is 6.20 Å². The molecular formula is C15H21N9. The van der Waals surface area contributed by atoms with E-state index in [1.54, 1.807) is 0 Å². The highest BCUT2D eigenvalue weighted by Crippen LogP contribution is 2.29. The molecule has 9 nitrogen and oxygen atoms in total. The Kier molecular flexibility index (Phi) is 3.57. The molecule has 1 fully saturated rings. The van der Waals surface area contributed by atoms with E-state index < -0.39 is 0 Å². The first-order valence-corrected chi connectivity index (χ1v) is 8.07. The largest absolute Gasteiger partial charge is 0.382 e. The number of nitrogens with zero attached hydrogens (tertiary/aromatic N) is 6. The molecular weight excluding hydrogens is 306 g/mol. The number of piperidine rings is 1. The average Bonchev–Trinajstić information content (AvgIpc) is 3.14. The Morgan fingerprint density at radius 3 is 2.71 bits per heavy atom. The lowest BCUT2D eigenvalue weighted by atomic mass is 9.96. The average molecular weight is 327 g/mol. The van der Waals surface area contributed by atoms with Crippen LogP contribution in [-0.4, -0.2) is 47.7 Å². The van der Waals surface area contributed by atoms with Crippen LogP contribution >= 0.6 is 0 Å². The fourth-order valence-electron chi connectivity index (χ4n) is 3.32. The first-order valence-electron chi connectivity index (χ1n) is 8.07. The van der Waals surface area contributed by atoms with Crippen molar-refractivity contribution >= 4 is 22.9 Å². The molecule has 1 saturated heterocycles. The van der Waals surface area contributed by atoms with Crippen molar-refractivity contribution in [3.8, 4) is 0 Å². The third-order valence-corrected chi connectivity index (χ3v) is 4.55. The molecule has 0 spiro atoms. The van der Waals surface area contributed by atoms with E-state index in [0.29, 0.717) is 22.9 Å². The Balaban J connectivity index is 1.45. The van der Waals surface area contributed by atoms with Crippen LogP contribution in [-0.2, 0) is 13.6 Å². The van der Waals surface area contributed by atoms with Crippen molar-refractivity contribution in [3.63, 3.8) is 0 Å². The third-order valence-electron chi connectivity index (χ3n) is 4.55. The predicted molar refractivity (Wildman–Crippen MR) is 91.0 cm³/mol. The molecule has 0 radical (unpaired) electrons. The normalized spacial score (nSPS) is 16.9. The molecule has 1 aliphatic heterocycles. The number of anilines is 2. The van der Waals surface area contributed by atoms with Crippen LogP contribution in [0, 0.1) is 0 Å². The number of imidazole rings is 1. The number of nitrogens with two attached hydrogens (primary N) is 2. The monoisotopic (exact) mass is 327 g/mol. The quantitative estimate of drug-likeness (QED) is 0.643. The van der Waals surface area contributed by atoms with Crippen molar-refractivity contribution in [3.05, 3.63) is 23.8 Å². The molecule has 126 valence electrons. The Hall–Kier alpha value is -2.68. The van der Waals surface area contributed by atoms with Gasteiger partial charge in [0.25, 0.3) is 0 Å². The van der Waals surface area contributed by atoms with Gasteiger partial charge in [0.15, 0.2) is 11.5 Å². The Morgan fingerprint density at radius 2 is 2.00 bits per heavy atom. The van der Waals surface area contributed by atoms with E-state index in [-0.39, 0.29) is 5.95 Å². The minimum absolute atomic E-state index is 0.157. The summed E-state index contributed by atoms with van der Waals surface area (Å²) in [6.45, 7) is 3.00. The summed E-state index contributed by atoms with van der Waals surface area (Å²) in [4.78, 5) is 18.4. The first-order chi connectivity index (χ1) is 11.6. The van der Waals surface area contributed by atoms with Gasteiger partial charge < -0.3 is 16.5 Å². The van der Waals surface area contributed by atoms with Crippen LogP contribution in [0.25, 0.3) is 11.2 Å². The summed E-state index contributed by atoms with van der Waals surface area (Å²) in [7, 11) is 1.94. The van der Waals surface area contributed by atoms with Crippen LogP contribution in [0.4, 0.5) is 11.8 Å². The fourth-order valence-corrected chi connectivity index (χ4v) is 3.32. The number of rotatable bonds is 3. The van der Waals surface area contributed by atoms with E-state index in [0.717, 1.165) is 38.3 Å². The van der Waals surface area contributed by atoms with E-state index in [2.05, 4.69) is 36.1 Å². The van der Waals surface area contributed by atoms with Crippen molar-refractivity contribution in [1.82, 2.24) is 34.6 Å². The predicted octanol–water partition coefficient (Wildman–Crippen LogP) is 0.630. The molecule has 3 aromatic heterocycles. The molecule has 0 aliphatic carbocycles. The zero-order valence-corrected chi connectivity index (χ0v) is 13.6. The minimum atomic E-state index is 0.157. The second-order valence-electron chi connectivity index (χ2n) is 6.36. The maximum atomic E-state index is 5.89. The number of H-pyrrole nitrogens is 1. The molecule has 4 heterocycles. The maximum Gasteiger partial charge on any atom is 0.224 e. The van der Waals surface area contributed by atoms with Crippen molar-refractivity contribution in [1.29, 1.82) is 0 Å². The van der Waals surface area contributed by atoms with Gasteiger partial charge in [-0.15, -0.1) is 0 Å². The molecule has 0 amide bonds. The molecule has 3 aromatic rings. The molecule has 0 unspecified atom stereocenters. The Morgan fingerprint density at radius 1 is 1.21 bits per heavy atom. The van der Waals surface area contributed by atoms with Gasteiger partial charge in [0, 0.05) is 31.3 Å². The lowest BCUT2D eigenvalue weighted by Gasteiger charge is -2.30. The van der Waals surface area contributed by atoms with E-state index >= 15 is 0 Å². The standard InChI is InChI=1S/C15H21N9/c1-23-7-9(6-18-23)8-24-4-2-10(3-5-24)13-19-11-12(16)20-15(17)22-14(11)21-13/h6-7,10H,2-5,8H2,1H3,(H5,16,17,19,20,21,22). The Labute approximate surface area is 139 Å². The van der Waals surface area contributed by atoms with E-state index in [1.165, 1.54) is 5.56 Å². The number of aryl methyl sites for hydroxylation is 1. The van der Waals surface area contributed by atoms with Crippen molar-refractivity contribution in [2.75, 3.05) is 24.6 Å². The van der Waals surface area contributed by atoms with Crippen molar-refractivity contribution in [2.45, 2.75) is 25.3 Å². The molecule has 0 aromatic carbocycles. The number of aromatic amines is 1. The van der Waals surface area contributed by atoms with Gasteiger partial charge in [-0.25, -0.2) is 4.98 Å². The fraction of sp³-hybridized carbons (Fsp3) is 0.467. The summed E-state index contributed by atoms with van der Waals surface area (Å²) < 4.78 is 1.84. The van der Waals surface area contributed by atoms with E-state index in [1.807, 2.05) is 17.9 Å². The van der Waals surface area contributed by atoms with Crippen LogP contribution in [0.2, 0.25) is 0 Å². The van der Waals surface area contributed by atoms with Crippen LogP contribution in [0.5, 0.6) is 0 Å². The third kappa shape index (κ3) is 2.78. The number of hydrogen-bond acceptors (Lipinski definition) is 7. The van der Waals surface area contributed by atoms with Gasteiger partial charge >= 0.3 is 0 Å². The van der Waals surface area contributed by atoms with Gasteiger partial charge in [-0.2, -0.15) is 15.1 Å². The van der Waals surface area contributed by atoms with Gasteiger partial charge in [-0.3, -0.25) is 9.58 Å². The van der Waals surface area contributed by atoms with Crippen LogP contribution in [0.3, 0.4) is 0 Å². The highest BCUT2D eigenvalue weighted by atomic mass is 15.2. The van der Waals surface area contributed by atoms with E-state index in [4.69, 9.17) is 11.5 Å². The zero-order chi connectivity index (χ0) is 16.7. The zero-order valence-electron chi connectivity index (χ0n) is 13.6. The number of hydrogen-bond donors (Lipinski definition) is 3. The molecule has 9 heteroatoms. The van der Waals surface area contributed by atoms with Crippen molar-refractivity contribution in [2.24, 2.45) is 7.05 Å². The van der Waals surface area contributed by atoms with Crippen LogP contribution in [0.15, 0.2) is 12.4 Å². The van der Waals surface area contributed by atoms with E-state index in [9.17, 15) is 0 Å². The smallest absolute Gasteiger partial charge is 0.224 e. The minimum Gasteiger partial charge on any atom is -0.382 e. The summed E-state index contributed by atoms with van der Waals surface area (Å²) >= 11 is 0. The second-order valence-corrected chi connectivity index (χ2v) is 6.36. The highest BCUT2D eigenvalue weighted by molar-refractivity contribution is 5.82. The SMILES string of the molecule is Cn1cc(CN2CCC(c3nc4nc(N)nc(N)c4[nH]3)CC2)cn1. The molecule has 1 aliphatic rings. The number of aromatic nitrogens is 6. The summed E-state index contributed by atoms with van der Waals surface area (Å²) in [6.07, 6.45) is 6.08. The summed E-state index contributed by atoms with van der Waals surface area (Å²) in [6, 6.07) is 0. The summed E-state index contributed by atoms with van der Waals surface area (Å²) in [5.74, 6) is 1.82. The number of fused-ring (bicyclic) bond motifs is 1. The Bertz CT molecular complexity index is 857. The van der Waals surface area contributed by atoms with Gasteiger partial charge in [-0.05, 0) is 25.9 Å². The molecule has 4 rings (SSSR count). The summed E-state index contributed by atoms with van der Waals surface area (Å²) in [5.41, 5.74) is 14.0. The molecule has 0 bridgehead atoms. The maximum absolute atomic E-state index is 5.89. The number of nitrogen functional groups attached to an aromatic ring is 2. The lowest BCUT2D eigenvalue weighted by Crippen LogP contribution is -2.32. The van der Waals surface area contributed by atoms with Crippen LogP contribution in [0.1, 0.15) is 30.1 Å². The van der Waals surface area contributed by atoms with Gasteiger partial charge in [-0.1, -0.05) is 0 Å². The molecule has 0 saturated carbocycles. The molecule has 5 N–H and O–H groups in total. The van der Waals surface area contributed by atoms with Gasteiger partial charge in [0.2, 0.25) is 5.95 Å². The highest BCUT2D eigenvalue weighted by Gasteiger charge is 2.24. The lowest BCUT2D eigenvalue weighted by molar-refractivity contribution is 0.202. The topological polar surface area (TPSA) is 128 Å². The first kappa shape index (κ1) is 14.9. The number of nitrogens with one attached hydrogen (secondary N) is 1. The molecule has 24 heavy (non-hydrogen) atoms. The second kappa shape index (κ2) is 5.75. The van der Waals surface area contributed by atoms with Crippen LogP contribution < -0.4 is 11.5 Å². The summed E-state index contributed by atoms with van der Waals surface area (Å²) in [5, 5.41) is 4.22.